The average molecular weight is 306 g/mol. The molecule has 1 aromatic heterocycles. The van der Waals surface area contributed by atoms with Crippen molar-refractivity contribution in [1.29, 1.82) is 0 Å². The summed E-state index contributed by atoms with van der Waals surface area (Å²) in [5.41, 5.74) is -3.28. The van der Waals surface area contributed by atoms with Gasteiger partial charge in [-0.05, 0) is 15.9 Å². The molecule has 0 unspecified atom stereocenters. The summed E-state index contributed by atoms with van der Waals surface area (Å²) >= 11 is 2.57. The van der Waals surface area contributed by atoms with Crippen molar-refractivity contribution in [3.05, 3.63) is 27.5 Å². The first kappa shape index (κ1) is 13.3. The van der Waals surface area contributed by atoms with Crippen LogP contribution in [0.15, 0.2) is 10.7 Å². The first-order chi connectivity index (χ1) is 7.29. The minimum atomic E-state index is -4.83. The molecular weight excluding hydrogens is 301 g/mol. The van der Waals surface area contributed by atoms with Gasteiger partial charge in [-0.3, -0.25) is 4.98 Å². The van der Waals surface area contributed by atoms with E-state index in [2.05, 4.69) is 20.9 Å². The summed E-state index contributed by atoms with van der Waals surface area (Å²) in [6.07, 6.45) is -7.36. The molecule has 16 heavy (non-hydrogen) atoms. The lowest BCUT2D eigenvalue weighted by Gasteiger charge is -2.15. The predicted molar refractivity (Wildman–Crippen MR) is 47.8 cm³/mol. The standard InChI is InChI=1S/C8H5BrF5NO/c9-4-1-15-6(7(10)11)3(2-16)5(4)8(12,13)14/h1,7,16H,2H2. The van der Waals surface area contributed by atoms with Crippen molar-refractivity contribution in [3.63, 3.8) is 0 Å². The van der Waals surface area contributed by atoms with Crippen molar-refractivity contribution in [3.8, 4) is 0 Å². The Morgan fingerprint density at radius 1 is 1.38 bits per heavy atom. The van der Waals surface area contributed by atoms with Crippen molar-refractivity contribution in [2.75, 3.05) is 0 Å². The third kappa shape index (κ3) is 2.49. The second-order valence-corrected chi connectivity index (χ2v) is 3.66. The lowest BCUT2D eigenvalue weighted by Crippen LogP contribution is -2.14. The largest absolute Gasteiger partial charge is 0.417 e. The van der Waals surface area contributed by atoms with Crippen molar-refractivity contribution >= 4 is 15.9 Å². The summed E-state index contributed by atoms with van der Waals surface area (Å²) in [5.74, 6) is 0. The van der Waals surface area contributed by atoms with Crippen molar-refractivity contribution in [2.24, 2.45) is 0 Å². The van der Waals surface area contributed by atoms with Gasteiger partial charge in [0.2, 0.25) is 0 Å². The number of hydrogen-bond donors (Lipinski definition) is 1. The molecule has 8 heteroatoms. The molecule has 1 heterocycles. The molecule has 0 fully saturated rings. The van der Waals surface area contributed by atoms with Crippen LogP contribution in [0.2, 0.25) is 0 Å². The molecule has 0 saturated carbocycles. The Labute approximate surface area is 95.2 Å². The van der Waals surface area contributed by atoms with Crippen LogP contribution in [0.1, 0.15) is 23.2 Å². The van der Waals surface area contributed by atoms with Gasteiger partial charge >= 0.3 is 6.18 Å². The molecule has 1 aromatic rings. The first-order valence-electron chi connectivity index (χ1n) is 3.92. The second-order valence-electron chi connectivity index (χ2n) is 2.80. The minimum Gasteiger partial charge on any atom is -0.392 e. The van der Waals surface area contributed by atoms with Gasteiger partial charge in [-0.25, -0.2) is 8.78 Å². The SMILES string of the molecule is OCc1c(C(F)F)ncc(Br)c1C(F)(F)F. The molecule has 0 radical (unpaired) electrons. The van der Waals surface area contributed by atoms with Gasteiger partial charge in [0.1, 0.15) is 5.69 Å². The van der Waals surface area contributed by atoms with Gasteiger partial charge in [0.15, 0.2) is 0 Å². The monoisotopic (exact) mass is 305 g/mol. The van der Waals surface area contributed by atoms with Crippen LogP contribution in [0.3, 0.4) is 0 Å². The van der Waals surface area contributed by atoms with Gasteiger partial charge in [-0.2, -0.15) is 13.2 Å². The number of hydrogen-bond acceptors (Lipinski definition) is 2. The van der Waals surface area contributed by atoms with E-state index < -0.39 is 40.5 Å². The van der Waals surface area contributed by atoms with E-state index in [0.29, 0.717) is 6.20 Å². The zero-order chi connectivity index (χ0) is 12.5. The minimum absolute atomic E-state index is 0.478. The van der Waals surface area contributed by atoms with E-state index in [0.717, 1.165) is 0 Å². The fourth-order valence-electron chi connectivity index (χ4n) is 1.20. The van der Waals surface area contributed by atoms with Gasteiger partial charge in [0.05, 0.1) is 12.2 Å². The molecule has 0 aliphatic rings. The van der Waals surface area contributed by atoms with Gasteiger partial charge in [0, 0.05) is 16.2 Å². The summed E-state index contributed by atoms with van der Waals surface area (Å²) < 4.78 is 61.8. The Balaban J connectivity index is 3.51. The molecule has 0 bridgehead atoms. The van der Waals surface area contributed by atoms with E-state index in [1.807, 2.05) is 0 Å². The Morgan fingerprint density at radius 3 is 2.31 bits per heavy atom. The highest BCUT2D eigenvalue weighted by Crippen LogP contribution is 2.39. The number of pyridine rings is 1. The molecule has 0 amide bonds. The molecule has 0 atom stereocenters. The highest BCUT2D eigenvalue weighted by atomic mass is 79.9. The molecule has 0 aromatic carbocycles. The highest BCUT2D eigenvalue weighted by Gasteiger charge is 2.38. The topological polar surface area (TPSA) is 33.1 Å². The highest BCUT2D eigenvalue weighted by molar-refractivity contribution is 9.10. The van der Waals surface area contributed by atoms with Gasteiger partial charge in [0.25, 0.3) is 6.43 Å². The lowest BCUT2D eigenvalue weighted by atomic mass is 10.1. The Bertz CT molecular complexity index is 393. The average Bonchev–Trinajstić information content (AvgIpc) is 2.14. The summed E-state index contributed by atoms with van der Waals surface area (Å²) in [4.78, 5) is 3.17. The molecule has 0 saturated heterocycles. The van der Waals surface area contributed by atoms with Crippen molar-refractivity contribution in [1.82, 2.24) is 4.98 Å². The molecule has 1 rings (SSSR count). The number of aliphatic hydroxyl groups is 1. The Morgan fingerprint density at radius 2 is 1.94 bits per heavy atom. The van der Waals surface area contributed by atoms with Crippen molar-refractivity contribution < 1.29 is 27.1 Å². The maximum Gasteiger partial charge on any atom is 0.417 e. The van der Waals surface area contributed by atoms with Gasteiger partial charge < -0.3 is 5.11 Å². The van der Waals surface area contributed by atoms with Crippen LogP contribution in [0, 0.1) is 0 Å². The van der Waals surface area contributed by atoms with E-state index in [1.54, 1.807) is 0 Å². The van der Waals surface area contributed by atoms with E-state index in [1.165, 1.54) is 0 Å². The molecule has 0 aliphatic heterocycles. The van der Waals surface area contributed by atoms with Gasteiger partial charge in [-0.15, -0.1) is 0 Å². The molecule has 0 aliphatic carbocycles. The van der Waals surface area contributed by atoms with Crippen molar-refractivity contribution in [2.45, 2.75) is 19.2 Å². The Kier molecular flexibility index (Phi) is 3.84. The maximum atomic E-state index is 12.5. The van der Waals surface area contributed by atoms with Crippen LogP contribution < -0.4 is 0 Å². The third-order valence-corrected chi connectivity index (χ3v) is 2.42. The van der Waals surface area contributed by atoms with E-state index in [-0.39, 0.29) is 0 Å². The smallest absolute Gasteiger partial charge is 0.392 e. The number of rotatable bonds is 2. The second kappa shape index (κ2) is 4.62. The molecular formula is C8H5BrF5NO. The summed E-state index contributed by atoms with van der Waals surface area (Å²) in [7, 11) is 0. The summed E-state index contributed by atoms with van der Waals surface area (Å²) in [5, 5.41) is 8.74. The van der Waals surface area contributed by atoms with E-state index in [9.17, 15) is 22.0 Å². The zero-order valence-corrected chi connectivity index (χ0v) is 9.11. The molecule has 90 valence electrons. The van der Waals surface area contributed by atoms with E-state index in [4.69, 9.17) is 5.11 Å². The predicted octanol–water partition coefficient (Wildman–Crippen LogP) is 3.29. The maximum absolute atomic E-state index is 12.5. The number of aromatic nitrogens is 1. The normalized spacial score (nSPS) is 12.2. The van der Waals surface area contributed by atoms with E-state index >= 15 is 0 Å². The summed E-state index contributed by atoms with van der Waals surface area (Å²) in [6, 6.07) is 0. The quantitative estimate of drug-likeness (QED) is 0.851. The fraction of sp³-hybridized carbons (Fsp3) is 0.375. The molecule has 0 spiro atoms. The molecule has 1 N–H and O–H groups in total. The first-order valence-corrected chi connectivity index (χ1v) is 4.71. The third-order valence-electron chi connectivity index (χ3n) is 1.82. The number of halogens is 6. The molecule has 2 nitrogen and oxygen atoms in total. The lowest BCUT2D eigenvalue weighted by molar-refractivity contribution is -0.139. The Hall–Kier alpha value is -0.760. The number of nitrogens with zero attached hydrogens (tertiary/aromatic N) is 1. The van der Waals surface area contributed by atoms with Crippen LogP contribution in [-0.2, 0) is 12.8 Å². The van der Waals surface area contributed by atoms with Crippen LogP contribution >= 0.6 is 15.9 Å². The zero-order valence-electron chi connectivity index (χ0n) is 7.52. The van der Waals surface area contributed by atoms with Crippen LogP contribution in [0.4, 0.5) is 22.0 Å². The van der Waals surface area contributed by atoms with Gasteiger partial charge in [-0.1, -0.05) is 0 Å². The number of aliphatic hydroxyl groups excluding tert-OH is 1. The summed E-state index contributed by atoms with van der Waals surface area (Å²) in [6.45, 7) is -1.15. The fourth-order valence-corrected chi connectivity index (χ4v) is 1.76. The van der Waals surface area contributed by atoms with Crippen LogP contribution in [0.25, 0.3) is 0 Å². The number of alkyl halides is 5. The van der Waals surface area contributed by atoms with Crippen LogP contribution in [-0.4, -0.2) is 10.1 Å². The van der Waals surface area contributed by atoms with Crippen LogP contribution in [0.5, 0.6) is 0 Å².